The molecule has 0 bridgehead atoms. The number of hydrogen-bond donors (Lipinski definition) is 2. The number of H-pyrrole nitrogens is 2. The maximum absolute atomic E-state index is 4.46. The van der Waals surface area contributed by atoms with Crippen molar-refractivity contribution < 1.29 is 0 Å². The summed E-state index contributed by atoms with van der Waals surface area (Å²) in [4.78, 5) is 16.0. The van der Waals surface area contributed by atoms with Gasteiger partial charge in [-0.2, -0.15) is 5.10 Å². The molecule has 0 spiro atoms. The van der Waals surface area contributed by atoms with Crippen molar-refractivity contribution in [1.82, 2.24) is 30.1 Å². The summed E-state index contributed by atoms with van der Waals surface area (Å²) in [6.45, 7) is 0. The molecule has 0 saturated heterocycles. The predicted octanol–water partition coefficient (Wildman–Crippen LogP) is 1.90. The second-order valence-electron chi connectivity index (χ2n) is 3.95. The van der Waals surface area contributed by atoms with Gasteiger partial charge in [0.25, 0.3) is 0 Å². The third kappa shape index (κ3) is 1.22. The van der Waals surface area contributed by atoms with E-state index in [9.17, 15) is 0 Å². The lowest BCUT2D eigenvalue weighted by atomic mass is 10.3. The van der Waals surface area contributed by atoms with Crippen molar-refractivity contribution in [2.45, 2.75) is 0 Å². The van der Waals surface area contributed by atoms with E-state index in [-0.39, 0.29) is 0 Å². The molecule has 6 nitrogen and oxygen atoms in total. The lowest BCUT2D eigenvalue weighted by molar-refractivity contribution is 1.10. The van der Waals surface area contributed by atoms with Crippen LogP contribution in [0.15, 0.2) is 36.8 Å². The van der Waals surface area contributed by atoms with Crippen LogP contribution in [-0.4, -0.2) is 30.1 Å². The molecule has 0 fully saturated rings. The van der Waals surface area contributed by atoms with Crippen molar-refractivity contribution in [2.24, 2.45) is 0 Å². The standard InChI is InChI=1S/C12H8N6/c1-2-8-10(14-4-1)11(18-17-8)12-15-7-3-5-13-6-9(7)16-12/h1-6H,(H,15,16)(H,17,18). The number of hydrogen-bond acceptors (Lipinski definition) is 4. The van der Waals surface area contributed by atoms with Crippen molar-refractivity contribution in [3.05, 3.63) is 36.8 Å². The fourth-order valence-electron chi connectivity index (χ4n) is 1.99. The van der Waals surface area contributed by atoms with Crippen molar-refractivity contribution in [1.29, 1.82) is 0 Å². The van der Waals surface area contributed by atoms with Gasteiger partial charge in [-0.15, -0.1) is 0 Å². The molecule has 0 amide bonds. The average molecular weight is 236 g/mol. The largest absolute Gasteiger partial charge is 0.336 e. The molecule has 6 heteroatoms. The highest BCUT2D eigenvalue weighted by Crippen LogP contribution is 2.23. The normalized spacial score (nSPS) is 11.3. The lowest BCUT2D eigenvalue weighted by Crippen LogP contribution is -1.82. The summed E-state index contributed by atoms with van der Waals surface area (Å²) in [6, 6.07) is 5.68. The molecule has 0 aliphatic heterocycles. The Balaban J connectivity index is 2.01. The second-order valence-corrected chi connectivity index (χ2v) is 3.95. The van der Waals surface area contributed by atoms with Crippen LogP contribution in [0, 0.1) is 0 Å². The molecule has 0 aliphatic carbocycles. The minimum atomic E-state index is 0.697. The van der Waals surface area contributed by atoms with Crippen molar-refractivity contribution >= 4 is 22.1 Å². The number of imidazole rings is 1. The van der Waals surface area contributed by atoms with Crippen LogP contribution in [0.4, 0.5) is 0 Å². The van der Waals surface area contributed by atoms with E-state index in [0.717, 1.165) is 27.8 Å². The second kappa shape index (κ2) is 3.36. The zero-order valence-electron chi connectivity index (χ0n) is 9.25. The SMILES string of the molecule is c1cnc2c(-c3nc4cnccc4[nH]3)n[nH]c2c1. The first-order valence-electron chi connectivity index (χ1n) is 5.51. The monoisotopic (exact) mass is 236 g/mol. The molecule has 4 aromatic rings. The number of rotatable bonds is 1. The summed E-state index contributed by atoms with van der Waals surface area (Å²) >= 11 is 0. The van der Waals surface area contributed by atoms with Gasteiger partial charge in [0.2, 0.25) is 0 Å². The lowest BCUT2D eigenvalue weighted by Gasteiger charge is -1.90. The van der Waals surface area contributed by atoms with Gasteiger partial charge < -0.3 is 4.98 Å². The van der Waals surface area contributed by atoms with E-state index in [1.807, 2.05) is 18.2 Å². The molecule has 0 atom stereocenters. The summed E-state index contributed by atoms with van der Waals surface area (Å²) < 4.78 is 0. The molecule has 4 aromatic heterocycles. The van der Waals surface area contributed by atoms with Gasteiger partial charge >= 0.3 is 0 Å². The van der Waals surface area contributed by atoms with Gasteiger partial charge in [-0.1, -0.05) is 0 Å². The van der Waals surface area contributed by atoms with Crippen LogP contribution in [0.3, 0.4) is 0 Å². The number of nitrogens with one attached hydrogen (secondary N) is 2. The molecule has 0 aromatic carbocycles. The fraction of sp³-hybridized carbons (Fsp3) is 0. The molecule has 0 saturated carbocycles. The summed E-state index contributed by atoms with van der Waals surface area (Å²) in [6.07, 6.45) is 5.19. The van der Waals surface area contributed by atoms with E-state index in [2.05, 4.69) is 30.1 Å². The maximum atomic E-state index is 4.46. The number of fused-ring (bicyclic) bond motifs is 2. The molecule has 18 heavy (non-hydrogen) atoms. The predicted molar refractivity (Wildman–Crippen MR) is 66.8 cm³/mol. The first kappa shape index (κ1) is 9.29. The van der Waals surface area contributed by atoms with E-state index in [4.69, 9.17) is 0 Å². The van der Waals surface area contributed by atoms with Gasteiger partial charge in [-0.3, -0.25) is 15.1 Å². The van der Waals surface area contributed by atoms with E-state index in [0.29, 0.717) is 5.82 Å². The summed E-state index contributed by atoms with van der Waals surface area (Å²) in [5.74, 6) is 0.697. The third-order valence-electron chi connectivity index (χ3n) is 2.83. The smallest absolute Gasteiger partial charge is 0.161 e. The van der Waals surface area contributed by atoms with Crippen LogP contribution < -0.4 is 0 Å². The minimum Gasteiger partial charge on any atom is -0.336 e. The van der Waals surface area contributed by atoms with E-state index in [1.54, 1.807) is 18.6 Å². The van der Waals surface area contributed by atoms with Gasteiger partial charge in [0.1, 0.15) is 11.0 Å². The maximum Gasteiger partial charge on any atom is 0.161 e. The van der Waals surface area contributed by atoms with Crippen molar-refractivity contribution in [2.75, 3.05) is 0 Å². The average Bonchev–Trinajstić information content (AvgIpc) is 3.02. The Hall–Kier alpha value is -2.76. The van der Waals surface area contributed by atoms with Crippen LogP contribution in [0.5, 0.6) is 0 Å². The number of pyridine rings is 2. The number of aromatic amines is 2. The molecular formula is C12H8N6. The van der Waals surface area contributed by atoms with Crippen LogP contribution in [0.25, 0.3) is 33.6 Å². The van der Waals surface area contributed by atoms with Crippen LogP contribution in [-0.2, 0) is 0 Å². The van der Waals surface area contributed by atoms with Gasteiger partial charge in [-0.05, 0) is 18.2 Å². The summed E-state index contributed by atoms with van der Waals surface area (Å²) in [7, 11) is 0. The Bertz CT molecular complexity index is 811. The Morgan fingerprint density at radius 3 is 3.00 bits per heavy atom. The summed E-state index contributed by atoms with van der Waals surface area (Å²) in [5.41, 5.74) is 4.18. The highest BCUT2D eigenvalue weighted by Gasteiger charge is 2.12. The molecule has 4 heterocycles. The molecule has 0 unspecified atom stereocenters. The van der Waals surface area contributed by atoms with E-state index < -0.39 is 0 Å². The molecule has 2 N–H and O–H groups in total. The highest BCUT2D eigenvalue weighted by molar-refractivity contribution is 5.89. The Labute approximate surface area is 101 Å². The first-order valence-corrected chi connectivity index (χ1v) is 5.51. The first-order chi connectivity index (χ1) is 8.92. The number of nitrogens with zero attached hydrogens (tertiary/aromatic N) is 4. The zero-order valence-corrected chi connectivity index (χ0v) is 9.25. The Morgan fingerprint density at radius 1 is 1.06 bits per heavy atom. The van der Waals surface area contributed by atoms with Crippen molar-refractivity contribution in [3.63, 3.8) is 0 Å². The van der Waals surface area contributed by atoms with Gasteiger partial charge in [0.15, 0.2) is 11.5 Å². The van der Waals surface area contributed by atoms with Crippen molar-refractivity contribution in [3.8, 4) is 11.5 Å². The molecule has 0 aliphatic rings. The molecule has 86 valence electrons. The summed E-state index contributed by atoms with van der Waals surface area (Å²) in [5, 5.41) is 7.20. The van der Waals surface area contributed by atoms with Crippen LogP contribution >= 0.6 is 0 Å². The fourth-order valence-corrected chi connectivity index (χ4v) is 1.99. The topological polar surface area (TPSA) is 83.1 Å². The third-order valence-corrected chi connectivity index (χ3v) is 2.83. The van der Waals surface area contributed by atoms with Crippen LogP contribution in [0.2, 0.25) is 0 Å². The minimum absolute atomic E-state index is 0.697. The van der Waals surface area contributed by atoms with Gasteiger partial charge in [0, 0.05) is 12.4 Å². The van der Waals surface area contributed by atoms with Gasteiger partial charge in [-0.25, -0.2) is 4.98 Å². The van der Waals surface area contributed by atoms with E-state index in [1.165, 1.54) is 0 Å². The molecular weight excluding hydrogens is 228 g/mol. The van der Waals surface area contributed by atoms with Gasteiger partial charge in [0.05, 0.1) is 17.2 Å². The van der Waals surface area contributed by atoms with Crippen LogP contribution in [0.1, 0.15) is 0 Å². The highest BCUT2D eigenvalue weighted by atomic mass is 15.1. The number of aromatic nitrogens is 6. The van der Waals surface area contributed by atoms with E-state index >= 15 is 0 Å². The zero-order chi connectivity index (χ0) is 11.9. The Morgan fingerprint density at radius 2 is 2.06 bits per heavy atom. The quantitative estimate of drug-likeness (QED) is 0.528. The Kier molecular flexibility index (Phi) is 1.74. The molecule has 4 rings (SSSR count). The molecule has 0 radical (unpaired) electrons.